The van der Waals surface area contributed by atoms with Gasteiger partial charge in [-0.2, -0.15) is 0 Å². The highest BCUT2D eigenvalue weighted by Gasteiger charge is 2.13. The van der Waals surface area contributed by atoms with E-state index in [1.807, 2.05) is 24.3 Å². The molecule has 106 valence electrons. The zero-order valence-corrected chi connectivity index (χ0v) is 13.8. The van der Waals surface area contributed by atoms with Crippen LogP contribution in [0.15, 0.2) is 24.3 Å². The Morgan fingerprint density at radius 1 is 1.25 bits per heavy atom. The second-order valence-electron chi connectivity index (χ2n) is 4.53. The van der Waals surface area contributed by atoms with Gasteiger partial charge in [-0.05, 0) is 34.6 Å². The van der Waals surface area contributed by atoms with Crippen molar-refractivity contribution >= 4 is 28.4 Å². The summed E-state index contributed by atoms with van der Waals surface area (Å²) in [7, 11) is 1.68. The molecule has 2 aromatic rings. The normalized spacial score (nSPS) is 10.8. The fourth-order valence-electron chi connectivity index (χ4n) is 2.06. The molecule has 1 aromatic carbocycles. The SMILES string of the molecule is CCCc1nc(-c2ccccc2COC)nc(N)c1I. The molecule has 0 amide bonds. The summed E-state index contributed by atoms with van der Waals surface area (Å²) in [6.07, 6.45) is 1.94. The number of hydrogen-bond donors (Lipinski definition) is 1. The molecule has 0 saturated carbocycles. The van der Waals surface area contributed by atoms with Gasteiger partial charge < -0.3 is 10.5 Å². The highest BCUT2D eigenvalue weighted by Crippen LogP contribution is 2.25. The molecule has 0 aliphatic carbocycles. The first-order chi connectivity index (χ1) is 9.67. The molecule has 0 aliphatic rings. The Morgan fingerprint density at radius 2 is 2.00 bits per heavy atom. The third kappa shape index (κ3) is 3.27. The number of rotatable bonds is 5. The predicted molar refractivity (Wildman–Crippen MR) is 89.3 cm³/mol. The van der Waals surface area contributed by atoms with E-state index in [2.05, 4.69) is 39.5 Å². The van der Waals surface area contributed by atoms with Crippen LogP contribution < -0.4 is 5.73 Å². The minimum Gasteiger partial charge on any atom is -0.383 e. The molecule has 1 heterocycles. The van der Waals surface area contributed by atoms with Crippen molar-refractivity contribution < 1.29 is 4.74 Å². The molecule has 2 N–H and O–H groups in total. The molecule has 2 rings (SSSR count). The lowest BCUT2D eigenvalue weighted by molar-refractivity contribution is 0.185. The molecular formula is C15H18IN3O. The number of nitrogens with two attached hydrogens (primary N) is 1. The fraction of sp³-hybridized carbons (Fsp3) is 0.333. The number of nitrogens with zero attached hydrogens (tertiary/aromatic N) is 2. The summed E-state index contributed by atoms with van der Waals surface area (Å²) < 4.78 is 6.19. The lowest BCUT2D eigenvalue weighted by atomic mass is 10.1. The summed E-state index contributed by atoms with van der Waals surface area (Å²) in [5.74, 6) is 1.23. The van der Waals surface area contributed by atoms with Gasteiger partial charge in [-0.25, -0.2) is 9.97 Å². The smallest absolute Gasteiger partial charge is 0.162 e. The van der Waals surface area contributed by atoms with E-state index in [1.165, 1.54) is 0 Å². The Morgan fingerprint density at radius 3 is 2.70 bits per heavy atom. The van der Waals surface area contributed by atoms with E-state index in [9.17, 15) is 0 Å². The van der Waals surface area contributed by atoms with E-state index >= 15 is 0 Å². The van der Waals surface area contributed by atoms with Gasteiger partial charge in [0.05, 0.1) is 15.9 Å². The third-order valence-corrected chi connectivity index (χ3v) is 4.17. The molecule has 0 radical (unpaired) electrons. The van der Waals surface area contributed by atoms with Crippen molar-refractivity contribution in [2.24, 2.45) is 0 Å². The number of ether oxygens (including phenoxy) is 1. The van der Waals surface area contributed by atoms with Gasteiger partial charge in [0.15, 0.2) is 5.82 Å². The van der Waals surface area contributed by atoms with E-state index in [0.29, 0.717) is 18.2 Å². The van der Waals surface area contributed by atoms with Crippen molar-refractivity contribution in [1.29, 1.82) is 0 Å². The largest absolute Gasteiger partial charge is 0.383 e. The van der Waals surface area contributed by atoms with Crippen molar-refractivity contribution in [3.05, 3.63) is 39.1 Å². The number of hydrogen-bond acceptors (Lipinski definition) is 4. The first kappa shape index (κ1) is 15.2. The number of methoxy groups -OCH3 is 1. The third-order valence-electron chi connectivity index (χ3n) is 2.99. The maximum Gasteiger partial charge on any atom is 0.162 e. The van der Waals surface area contributed by atoms with Crippen LogP contribution in [0, 0.1) is 3.57 Å². The van der Waals surface area contributed by atoms with Crippen molar-refractivity contribution in [1.82, 2.24) is 9.97 Å². The highest BCUT2D eigenvalue weighted by molar-refractivity contribution is 14.1. The highest BCUT2D eigenvalue weighted by atomic mass is 127. The van der Waals surface area contributed by atoms with Crippen LogP contribution in [0.4, 0.5) is 5.82 Å². The first-order valence-corrected chi connectivity index (χ1v) is 7.64. The zero-order valence-electron chi connectivity index (χ0n) is 11.7. The fourth-order valence-corrected chi connectivity index (χ4v) is 2.57. The monoisotopic (exact) mass is 383 g/mol. The minimum absolute atomic E-state index is 0.536. The molecule has 0 atom stereocenters. The van der Waals surface area contributed by atoms with E-state index < -0.39 is 0 Å². The van der Waals surface area contributed by atoms with Gasteiger partial charge in [0.2, 0.25) is 0 Å². The summed E-state index contributed by atoms with van der Waals surface area (Å²) in [5.41, 5.74) is 9.09. The van der Waals surface area contributed by atoms with Crippen LogP contribution in [-0.4, -0.2) is 17.1 Å². The Kier molecular flexibility index (Phi) is 5.31. The van der Waals surface area contributed by atoms with Crippen molar-refractivity contribution in [2.45, 2.75) is 26.4 Å². The molecule has 0 fully saturated rings. The van der Waals surface area contributed by atoms with E-state index in [4.69, 9.17) is 10.5 Å². The quantitative estimate of drug-likeness (QED) is 0.804. The first-order valence-electron chi connectivity index (χ1n) is 6.56. The molecule has 0 spiro atoms. The molecule has 5 heteroatoms. The Balaban J connectivity index is 2.52. The van der Waals surface area contributed by atoms with Crippen molar-refractivity contribution in [3.63, 3.8) is 0 Å². The van der Waals surface area contributed by atoms with Gasteiger partial charge in [-0.15, -0.1) is 0 Å². The van der Waals surface area contributed by atoms with E-state index in [-0.39, 0.29) is 0 Å². The summed E-state index contributed by atoms with van der Waals surface area (Å²) in [4.78, 5) is 9.11. The summed E-state index contributed by atoms with van der Waals surface area (Å²) in [6.45, 7) is 2.67. The maximum atomic E-state index is 6.02. The molecule has 0 aliphatic heterocycles. The number of anilines is 1. The van der Waals surface area contributed by atoms with Crippen molar-refractivity contribution in [3.8, 4) is 11.4 Å². The van der Waals surface area contributed by atoms with Crippen LogP contribution in [0.3, 0.4) is 0 Å². The van der Waals surface area contributed by atoms with Gasteiger partial charge in [0.25, 0.3) is 0 Å². The lowest BCUT2D eigenvalue weighted by Crippen LogP contribution is -2.06. The molecule has 0 saturated heterocycles. The topological polar surface area (TPSA) is 61.0 Å². The van der Waals surface area contributed by atoms with Crippen LogP contribution in [0.5, 0.6) is 0 Å². The van der Waals surface area contributed by atoms with Crippen molar-refractivity contribution in [2.75, 3.05) is 12.8 Å². The summed E-state index contributed by atoms with van der Waals surface area (Å²) >= 11 is 2.21. The van der Waals surface area contributed by atoms with Crippen LogP contribution in [0.25, 0.3) is 11.4 Å². The van der Waals surface area contributed by atoms with Gasteiger partial charge in [-0.3, -0.25) is 0 Å². The van der Waals surface area contributed by atoms with Crippen LogP contribution in [-0.2, 0) is 17.8 Å². The van der Waals surface area contributed by atoms with Gasteiger partial charge in [0, 0.05) is 12.7 Å². The second-order valence-corrected chi connectivity index (χ2v) is 5.61. The summed E-state index contributed by atoms with van der Waals surface area (Å²) in [6, 6.07) is 7.99. The van der Waals surface area contributed by atoms with Crippen LogP contribution >= 0.6 is 22.6 Å². The molecule has 20 heavy (non-hydrogen) atoms. The molecular weight excluding hydrogens is 365 g/mol. The standard InChI is InChI=1S/C15H18IN3O/c1-3-6-12-13(16)14(17)19-15(18-12)11-8-5-4-7-10(11)9-20-2/h4-5,7-8H,3,6,9H2,1-2H3,(H2,17,18,19). The van der Waals surface area contributed by atoms with Crippen LogP contribution in [0.1, 0.15) is 24.6 Å². The Bertz CT molecular complexity index is 602. The van der Waals surface area contributed by atoms with Gasteiger partial charge in [-0.1, -0.05) is 37.6 Å². The number of aryl methyl sites for hydroxylation is 1. The second kappa shape index (κ2) is 6.99. The van der Waals surface area contributed by atoms with E-state index in [1.54, 1.807) is 7.11 Å². The maximum absolute atomic E-state index is 6.02. The lowest BCUT2D eigenvalue weighted by Gasteiger charge is -2.11. The molecule has 0 bridgehead atoms. The average Bonchev–Trinajstić information content (AvgIpc) is 2.45. The van der Waals surface area contributed by atoms with E-state index in [0.717, 1.165) is 33.2 Å². The average molecular weight is 383 g/mol. The summed E-state index contributed by atoms with van der Waals surface area (Å²) in [5, 5.41) is 0. The molecule has 1 aromatic heterocycles. The Hall–Kier alpha value is -1.21. The van der Waals surface area contributed by atoms with Gasteiger partial charge in [0.1, 0.15) is 5.82 Å². The molecule has 0 unspecified atom stereocenters. The zero-order chi connectivity index (χ0) is 14.5. The van der Waals surface area contributed by atoms with Crippen LogP contribution in [0.2, 0.25) is 0 Å². The number of aromatic nitrogens is 2. The Labute approximate surface area is 132 Å². The number of halogens is 1. The molecule has 4 nitrogen and oxygen atoms in total. The number of nitrogen functional groups attached to an aromatic ring is 1. The number of benzene rings is 1. The minimum atomic E-state index is 0.536. The predicted octanol–water partition coefficient (Wildman–Crippen LogP) is 3.43. The van der Waals surface area contributed by atoms with Gasteiger partial charge >= 0.3 is 0 Å².